The number of amides is 1. The molecule has 104 valence electrons. The van der Waals surface area contributed by atoms with E-state index in [0.29, 0.717) is 18.4 Å². The van der Waals surface area contributed by atoms with Crippen molar-refractivity contribution in [3.63, 3.8) is 0 Å². The van der Waals surface area contributed by atoms with Gasteiger partial charge in [-0.15, -0.1) is 0 Å². The molecule has 0 aromatic rings. The first kappa shape index (κ1) is 13.9. The standard InChI is InChI=1S/C15H27NO2/c1-4-7-12-10(5-2)15(18)11(6-3)13-8-9-14(17)16(12)13/h10-13,15,18H,4-9H2,1-3H3/t10-,11+,12-,13-,15-/m0/s1. The van der Waals surface area contributed by atoms with Crippen molar-refractivity contribution in [2.45, 2.75) is 77.5 Å². The number of carbonyl (C=O) groups excluding carboxylic acids is 1. The molecule has 0 bridgehead atoms. The molecule has 2 fully saturated rings. The van der Waals surface area contributed by atoms with Gasteiger partial charge in [0.05, 0.1) is 6.10 Å². The number of nitrogens with zero attached hydrogens (tertiary/aromatic N) is 1. The van der Waals surface area contributed by atoms with Crippen LogP contribution in [0.4, 0.5) is 0 Å². The van der Waals surface area contributed by atoms with Gasteiger partial charge in [0, 0.05) is 30.3 Å². The van der Waals surface area contributed by atoms with E-state index in [1.54, 1.807) is 0 Å². The molecule has 3 heteroatoms. The molecule has 2 rings (SSSR count). The molecule has 0 aromatic heterocycles. The van der Waals surface area contributed by atoms with Crippen LogP contribution in [0.25, 0.3) is 0 Å². The molecule has 2 aliphatic heterocycles. The highest BCUT2D eigenvalue weighted by Crippen LogP contribution is 2.42. The molecule has 1 amide bonds. The summed E-state index contributed by atoms with van der Waals surface area (Å²) in [6.07, 6.45) is 5.48. The first-order valence-electron chi connectivity index (χ1n) is 7.64. The Morgan fingerprint density at radius 3 is 2.44 bits per heavy atom. The van der Waals surface area contributed by atoms with Crippen molar-refractivity contribution in [2.24, 2.45) is 11.8 Å². The highest BCUT2D eigenvalue weighted by atomic mass is 16.3. The second-order valence-electron chi connectivity index (χ2n) is 5.90. The summed E-state index contributed by atoms with van der Waals surface area (Å²) in [6, 6.07) is 0.578. The van der Waals surface area contributed by atoms with Crippen LogP contribution in [0.3, 0.4) is 0 Å². The van der Waals surface area contributed by atoms with Gasteiger partial charge in [-0.3, -0.25) is 4.79 Å². The Hall–Kier alpha value is -0.570. The summed E-state index contributed by atoms with van der Waals surface area (Å²) >= 11 is 0. The second kappa shape index (κ2) is 5.60. The quantitative estimate of drug-likeness (QED) is 0.836. The van der Waals surface area contributed by atoms with E-state index in [-0.39, 0.29) is 24.0 Å². The summed E-state index contributed by atoms with van der Waals surface area (Å²) in [5.41, 5.74) is 0. The first-order valence-corrected chi connectivity index (χ1v) is 7.64. The lowest BCUT2D eigenvalue weighted by molar-refractivity contribution is -0.144. The van der Waals surface area contributed by atoms with Crippen LogP contribution < -0.4 is 0 Å². The zero-order valence-corrected chi connectivity index (χ0v) is 11.9. The maximum atomic E-state index is 12.2. The van der Waals surface area contributed by atoms with Gasteiger partial charge >= 0.3 is 0 Å². The number of carbonyl (C=O) groups is 1. The van der Waals surface area contributed by atoms with Crippen molar-refractivity contribution < 1.29 is 9.90 Å². The number of rotatable bonds is 4. The third-order valence-corrected chi connectivity index (χ3v) is 5.05. The third kappa shape index (κ3) is 2.07. The van der Waals surface area contributed by atoms with Crippen LogP contribution in [0.1, 0.15) is 59.3 Å². The van der Waals surface area contributed by atoms with Crippen LogP contribution >= 0.6 is 0 Å². The fourth-order valence-corrected chi connectivity index (χ4v) is 4.23. The molecule has 18 heavy (non-hydrogen) atoms. The molecule has 2 aliphatic rings. The van der Waals surface area contributed by atoms with Gasteiger partial charge in [0.15, 0.2) is 0 Å². The predicted octanol–water partition coefficient (Wildman–Crippen LogP) is 2.57. The molecule has 0 radical (unpaired) electrons. The Morgan fingerprint density at radius 2 is 1.89 bits per heavy atom. The minimum absolute atomic E-state index is 0.219. The fraction of sp³-hybridized carbons (Fsp3) is 0.933. The number of aliphatic hydroxyl groups is 1. The van der Waals surface area contributed by atoms with Crippen molar-refractivity contribution in [1.29, 1.82) is 0 Å². The first-order chi connectivity index (χ1) is 8.65. The number of piperidine rings is 1. The highest BCUT2D eigenvalue weighted by molar-refractivity contribution is 5.79. The lowest BCUT2D eigenvalue weighted by Crippen LogP contribution is -2.59. The molecule has 2 heterocycles. The third-order valence-electron chi connectivity index (χ3n) is 5.05. The number of fused-ring (bicyclic) bond motifs is 1. The van der Waals surface area contributed by atoms with E-state index in [9.17, 15) is 9.90 Å². The molecule has 5 atom stereocenters. The molecule has 0 spiro atoms. The largest absolute Gasteiger partial charge is 0.392 e. The van der Waals surface area contributed by atoms with Crippen LogP contribution in [0.15, 0.2) is 0 Å². The molecule has 2 saturated heterocycles. The van der Waals surface area contributed by atoms with Crippen LogP contribution in [-0.2, 0) is 4.79 Å². The van der Waals surface area contributed by atoms with Gasteiger partial charge in [-0.2, -0.15) is 0 Å². The minimum atomic E-state index is -0.219. The molecule has 0 unspecified atom stereocenters. The van der Waals surface area contributed by atoms with E-state index in [4.69, 9.17) is 0 Å². The molecule has 0 aliphatic carbocycles. The molecular formula is C15H27NO2. The van der Waals surface area contributed by atoms with Gasteiger partial charge in [0.2, 0.25) is 5.91 Å². The number of aliphatic hydroxyl groups excluding tert-OH is 1. The van der Waals surface area contributed by atoms with E-state index in [1.165, 1.54) is 0 Å². The van der Waals surface area contributed by atoms with Gasteiger partial charge in [0.1, 0.15) is 0 Å². The summed E-state index contributed by atoms with van der Waals surface area (Å²) in [7, 11) is 0. The minimum Gasteiger partial charge on any atom is -0.392 e. The van der Waals surface area contributed by atoms with Crippen molar-refractivity contribution in [3.05, 3.63) is 0 Å². The maximum Gasteiger partial charge on any atom is 0.223 e. The topological polar surface area (TPSA) is 40.5 Å². The van der Waals surface area contributed by atoms with Crippen LogP contribution in [0.2, 0.25) is 0 Å². The highest BCUT2D eigenvalue weighted by Gasteiger charge is 2.50. The molecule has 3 nitrogen and oxygen atoms in total. The summed E-state index contributed by atoms with van der Waals surface area (Å²) in [4.78, 5) is 14.3. The molecule has 1 N–H and O–H groups in total. The number of hydrogen-bond donors (Lipinski definition) is 1. The Balaban J connectivity index is 2.29. The molecule has 0 saturated carbocycles. The predicted molar refractivity (Wildman–Crippen MR) is 72.1 cm³/mol. The zero-order chi connectivity index (χ0) is 13.3. The van der Waals surface area contributed by atoms with Crippen LogP contribution in [0.5, 0.6) is 0 Å². The average Bonchev–Trinajstić information content (AvgIpc) is 2.72. The normalized spacial score (nSPS) is 40.1. The van der Waals surface area contributed by atoms with Crippen molar-refractivity contribution >= 4 is 5.91 Å². The van der Waals surface area contributed by atoms with Crippen LogP contribution in [0, 0.1) is 11.8 Å². The SMILES string of the molecule is CCC[C@H]1[C@H](CC)[C@H](O)[C@H](CC)[C@@H]2CCC(=O)N12. The lowest BCUT2D eigenvalue weighted by atomic mass is 9.73. The summed E-state index contributed by atoms with van der Waals surface area (Å²) in [6.45, 7) is 6.45. The molecular weight excluding hydrogens is 226 g/mol. The Morgan fingerprint density at radius 1 is 1.22 bits per heavy atom. The van der Waals surface area contributed by atoms with E-state index in [1.807, 2.05) is 0 Å². The summed E-state index contributed by atoms with van der Waals surface area (Å²) in [5.74, 6) is 0.880. The molecule has 0 aromatic carbocycles. The van der Waals surface area contributed by atoms with Gasteiger partial charge in [-0.1, -0.05) is 27.2 Å². The smallest absolute Gasteiger partial charge is 0.223 e. The summed E-state index contributed by atoms with van der Waals surface area (Å²) < 4.78 is 0. The second-order valence-corrected chi connectivity index (χ2v) is 5.90. The zero-order valence-electron chi connectivity index (χ0n) is 11.9. The Bertz CT molecular complexity index is 305. The van der Waals surface area contributed by atoms with Gasteiger partial charge < -0.3 is 10.0 Å². The maximum absolute atomic E-state index is 12.2. The number of hydrogen-bond acceptors (Lipinski definition) is 2. The van der Waals surface area contributed by atoms with Gasteiger partial charge in [0.25, 0.3) is 0 Å². The van der Waals surface area contributed by atoms with Crippen molar-refractivity contribution in [3.8, 4) is 0 Å². The van der Waals surface area contributed by atoms with Crippen molar-refractivity contribution in [2.75, 3.05) is 0 Å². The van der Waals surface area contributed by atoms with Crippen LogP contribution in [-0.4, -0.2) is 34.1 Å². The van der Waals surface area contributed by atoms with Gasteiger partial charge in [-0.25, -0.2) is 0 Å². The van der Waals surface area contributed by atoms with E-state index in [0.717, 1.165) is 32.1 Å². The Labute approximate surface area is 111 Å². The fourth-order valence-electron chi connectivity index (χ4n) is 4.23. The van der Waals surface area contributed by atoms with Crippen molar-refractivity contribution in [1.82, 2.24) is 4.90 Å². The van der Waals surface area contributed by atoms with E-state index < -0.39 is 0 Å². The summed E-state index contributed by atoms with van der Waals surface area (Å²) in [5, 5.41) is 10.6. The lowest BCUT2D eigenvalue weighted by Gasteiger charge is -2.50. The average molecular weight is 253 g/mol. The van der Waals surface area contributed by atoms with E-state index >= 15 is 0 Å². The monoisotopic (exact) mass is 253 g/mol. The van der Waals surface area contributed by atoms with Gasteiger partial charge in [-0.05, 0) is 25.7 Å². The van der Waals surface area contributed by atoms with E-state index in [2.05, 4.69) is 25.7 Å². The Kier molecular flexibility index (Phi) is 4.31.